The smallest absolute Gasteiger partial charge is 0.327 e. The van der Waals surface area contributed by atoms with Crippen LogP contribution in [0.15, 0.2) is 36.5 Å². The van der Waals surface area contributed by atoms with Gasteiger partial charge in [0.1, 0.15) is 12.4 Å². The minimum atomic E-state index is -0.387. The Labute approximate surface area is 166 Å². The molecule has 1 aromatic carbocycles. The summed E-state index contributed by atoms with van der Waals surface area (Å²) in [6.45, 7) is 3.90. The topological polar surface area (TPSA) is 86.1 Å². The molecular formula is C20H20N4O3S. The van der Waals surface area contributed by atoms with Gasteiger partial charge in [-0.05, 0) is 25.5 Å². The number of benzene rings is 1. The molecule has 1 aliphatic heterocycles. The van der Waals surface area contributed by atoms with Crippen LogP contribution in [-0.4, -0.2) is 39.0 Å². The highest BCUT2D eigenvalue weighted by Crippen LogP contribution is 2.44. The number of esters is 1. The highest BCUT2D eigenvalue weighted by atomic mass is 32.2. The van der Waals surface area contributed by atoms with Crippen LogP contribution in [0.25, 0.3) is 10.9 Å². The van der Waals surface area contributed by atoms with Crippen molar-refractivity contribution >= 4 is 40.4 Å². The molecule has 4 rings (SSSR count). The number of aryl methyl sites for hydroxylation is 1. The van der Waals surface area contributed by atoms with E-state index in [1.165, 1.54) is 16.4 Å². The number of rotatable bonds is 4. The maximum absolute atomic E-state index is 12.4. The third-order valence-corrected chi connectivity index (χ3v) is 5.86. The number of hydrogen-bond acceptors (Lipinski definition) is 6. The zero-order valence-corrected chi connectivity index (χ0v) is 16.5. The Hall–Kier alpha value is -2.87. The minimum absolute atomic E-state index is 0.0462. The molecule has 144 valence electrons. The summed E-state index contributed by atoms with van der Waals surface area (Å²) in [5.74, 6) is 0.356. The summed E-state index contributed by atoms with van der Waals surface area (Å²) in [7, 11) is 0. The van der Waals surface area contributed by atoms with E-state index in [4.69, 9.17) is 4.74 Å². The minimum Gasteiger partial charge on any atom is -0.465 e. The Bertz CT molecular complexity index is 1060. The van der Waals surface area contributed by atoms with Gasteiger partial charge in [0, 0.05) is 17.1 Å². The second kappa shape index (κ2) is 7.63. The van der Waals surface area contributed by atoms with E-state index in [1.54, 1.807) is 13.1 Å². The largest absolute Gasteiger partial charge is 0.465 e. The number of thioether (sulfide) groups is 1. The van der Waals surface area contributed by atoms with Crippen molar-refractivity contribution in [1.82, 2.24) is 14.8 Å². The molecule has 1 N–H and O–H groups in total. The van der Waals surface area contributed by atoms with Gasteiger partial charge in [0.2, 0.25) is 5.91 Å². The first-order valence-corrected chi connectivity index (χ1v) is 10.1. The maximum atomic E-state index is 12.4. The second-order valence-corrected chi connectivity index (χ2v) is 7.57. The van der Waals surface area contributed by atoms with Crippen LogP contribution in [0, 0.1) is 6.92 Å². The van der Waals surface area contributed by atoms with Crippen LogP contribution < -0.4 is 5.32 Å². The quantitative estimate of drug-likeness (QED) is 0.682. The van der Waals surface area contributed by atoms with Gasteiger partial charge >= 0.3 is 5.97 Å². The lowest BCUT2D eigenvalue weighted by molar-refractivity contribution is -0.144. The molecule has 1 atom stereocenters. The van der Waals surface area contributed by atoms with Crippen molar-refractivity contribution in [2.75, 3.05) is 17.7 Å². The molecule has 0 fully saturated rings. The van der Waals surface area contributed by atoms with E-state index in [0.717, 1.165) is 27.7 Å². The summed E-state index contributed by atoms with van der Waals surface area (Å²) < 4.78 is 6.57. The molecule has 0 bridgehead atoms. The lowest BCUT2D eigenvalue weighted by atomic mass is 10.0. The van der Waals surface area contributed by atoms with Crippen molar-refractivity contribution in [3.63, 3.8) is 0 Å². The molecule has 0 radical (unpaired) electrons. The SMILES string of the molecule is CCOC(=O)Cn1nc(C)c2c1NC(=O)CS[C@H]2c1cccc2cccnc12. The number of pyridine rings is 1. The molecule has 3 aromatic rings. The average molecular weight is 396 g/mol. The van der Waals surface area contributed by atoms with Crippen LogP contribution in [0.4, 0.5) is 5.82 Å². The van der Waals surface area contributed by atoms with Crippen LogP contribution >= 0.6 is 11.8 Å². The Morgan fingerprint density at radius 1 is 1.36 bits per heavy atom. The number of nitrogens with one attached hydrogen (secondary N) is 1. The predicted molar refractivity (Wildman–Crippen MR) is 108 cm³/mol. The number of hydrogen-bond donors (Lipinski definition) is 1. The van der Waals surface area contributed by atoms with E-state index in [1.807, 2.05) is 37.3 Å². The van der Waals surface area contributed by atoms with E-state index in [-0.39, 0.29) is 23.7 Å². The zero-order valence-electron chi connectivity index (χ0n) is 15.6. The van der Waals surface area contributed by atoms with E-state index >= 15 is 0 Å². The van der Waals surface area contributed by atoms with E-state index in [2.05, 4.69) is 15.4 Å². The van der Waals surface area contributed by atoms with Gasteiger partial charge in [-0.3, -0.25) is 14.6 Å². The molecule has 0 saturated carbocycles. The van der Waals surface area contributed by atoms with E-state index < -0.39 is 0 Å². The first kappa shape index (κ1) is 18.5. The van der Waals surface area contributed by atoms with Crippen LogP contribution in [0.5, 0.6) is 0 Å². The third kappa shape index (κ3) is 3.35. The first-order chi connectivity index (χ1) is 13.6. The summed E-state index contributed by atoms with van der Waals surface area (Å²) in [5.41, 5.74) is 3.60. The van der Waals surface area contributed by atoms with Gasteiger partial charge in [-0.2, -0.15) is 5.10 Å². The van der Waals surface area contributed by atoms with Gasteiger partial charge < -0.3 is 10.1 Å². The van der Waals surface area contributed by atoms with Gasteiger partial charge in [-0.15, -0.1) is 11.8 Å². The van der Waals surface area contributed by atoms with Crippen LogP contribution in [0.1, 0.15) is 29.0 Å². The molecule has 2 aromatic heterocycles. The number of aromatic nitrogens is 3. The third-order valence-electron chi connectivity index (χ3n) is 4.61. The van der Waals surface area contributed by atoms with Crippen LogP contribution in [0.3, 0.4) is 0 Å². The van der Waals surface area contributed by atoms with Crippen molar-refractivity contribution in [3.8, 4) is 0 Å². The molecule has 0 unspecified atom stereocenters. The predicted octanol–water partition coefficient (Wildman–Crippen LogP) is 3.08. The fourth-order valence-electron chi connectivity index (χ4n) is 3.48. The molecule has 8 heteroatoms. The Kier molecular flexibility index (Phi) is 5.04. The number of carbonyl (C=O) groups excluding carboxylic acids is 2. The summed E-state index contributed by atoms with van der Waals surface area (Å²) in [6, 6.07) is 9.99. The molecule has 0 saturated heterocycles. The number of para-hydroxylation sites is 1. The lowest BCUT2D eigenvalue weighted by Crippen LogP contribution is -2.20. The van der Waals surface area contributed by atoms with Gasteiger partial charge in [-0.1, -0.05) is 24.3 Å². The van der Waals surface area contributed by atoms with Crippen molar-refractivity contribution in [3.05, 3.63) is 53.3 Å². The molecule has 7 nitrogen and oxygen atoms in total. The molecule has 0 spiro atoms. The average Bonchev–Trinajstić information content (AvgIpc) is 2.86. The standard InChI is InChI=1S/C20H20N4O3S/c1-3-27-16(26)10-24-20-17(12(2)23-24)19(28-11-15(25)22-20)14-8-4-6-13-7-5-9-21-18(13)14/h4-9,19H,3,10-11H2,1-2H3,(H,22,25)/t19-/m0/s1. The molecule has 1 aliphatic rings. The number of nitrogens with zero attached hydrogens (tertiary/aromatic N) is 3. The Balaban J connectivity index is 1.84. The van der Waals surface area contributed by atoms with E-state index in [9.17, 15) is 9.59 Å². The zero-order chi connectivity index (χ0) is 19.7. The maximum Gasteiger partial charge on any atom is 0.327 e. The number of anilines is 1. The summed E-state index contributed by atoms with van der Waals surface area (Å²) in [4.78, 5) is 28.9. The van der Waals surface area contributed by atoms with Crippen molar-refractivity contribution < 1.29 is 14.3 Å². The monoisotopic (exact) mass is 396 g/mol. The second-order valence-electron chi connectivity index (χ2n) is 6.47. The number of carbonyl (C=O) groups is 2. The molecule has 0 aliphatic carbocycles. The number of fused-ring (bicyclic) bond motifs is 2. The highest BCUT2D eigenvalue weighted by molar-refractivity contribution is 8.00. The highest BCUT2D eigenvalue weighted by Gasteiger charge is 2.31. The summed E-state index contributed by atoms with van der Waals surface area (Å²) in [5, 5.41) is 8.36. The summed E-state index contributed by atoms with van der Waals surface area (Å²) >= 11 is 1.54. The van der Waals surface area contributed by atoms with Gasteiger partial charge in [0.05, 0.1) is 28.8 Å². The van der Waals surface area contributed by atoms with Gasteiger partial charge in [0.15, 0.2) is 0 Å². The summed E-state index contributed by atoms with van der Waals surface area (Å²) in [6.07, 6.45) is 1.77. The van der Waals surface area contributed by atoms with Crippen LogP contribution in [0.2, 0.25) is 0 Å². The Morgan fingerprint density at radius 3 is 3.00 bits per heavy atom. The fourth-order valence-corrected chi connectivity index (χ4v) is 4.69. The molecule has 28 heavy (non-hydrogen) atoms. The van der Waals surface area contributed by atoms with Crippen molar-refractivity contribution in [2.45, 2.75) is 25.6 Å². The van der Waals surface area contributed by atoms with Crippen molar-refractivity contribution in [2.24, 2.45) is 0 Å². The molecule has 1 amide bonds. The Morgan fingerprint density at radius 2 is 2.18 bits per heavy atom. The van der Waals surface area contributed by atoms with Gasteiger partial charge in [0.25, 0.3) is 0 Å². The lowest BCUT2D eigenvalue weighted by Gasteiger charge is -2.17. The number of amides is 1. The fraction of sp³-hybridized carbons (Fsp3) is 0.300. The molecular weight excluding hydrogens is 376 g/mol. The number of ether oxygens (including phenoxy) is 1. The van der Waals surface area contributed by atoms with Crippen LogP contribution in [-0.2, 0) is 20.9 Å². The van der Waals surface area contributed by atoms with Crippen molar-refractivity contribution in [1.29, 1.82) is 0 Å². The first-order valence-electron chi connectivity index (χ1n) is 9.06. The normalized spacial score (nSPS) is 16.4. The van der Waals surface area contributed by atoms with E-state index in [0.29, 0.717) is 18.2 Å². The van der Waals surface area contributed by atoms with Gasteiger partial charge in [-0.25, -0.2) is 4.68 Å². The molecule has 3 heterocycles.